The average molecular weight is 425 g/mol. The number of rotatable bonds is 3. The molecular weight excluding hydrogens is 403 g/mol. The van der Waals surface area contributed by atoms with E-state index in [0.717, 1.165) is 22.6 Å². The predicted octanol–water partition coefficient (Wildman–Crippen LogP) is 4.52. The number of benzene rings is 2. The molecule has 5 nitrogen and oxygen atoms in total. The van der Waals surface area contributed by atoms with Gasteiger partial charge in [0.2, 0.25) is 0 Å². The molecule has 0 aliphatic carbocycles. The first kappa shape index (κ1) is 20.3. The van der Waals surface area contributed by atoms with E-state index in [1.807, 2.05) is 38.1 Å². The van der Waals surface area contributed by atoms with Crippen LogP contribution >= 0.6 is 11.6 Å². The molecule has 0 atom stereocenters. The maximum Gasteiger partial charge on any atom is 0.253 e. The lowest BCUT2D eigenvalue weighted by molar-refractivity contribution is 0.0746. The van der Waals surface area contributed by atoms with Crippen molar-refractivity contribution in [2.45, 2.75) is 13.8 Å². The molecule has 7 heteroatoms. The van der Waals surface area contributed by atoms with E-state index in [9.17, 15) is 9.18 Å². The molecular formula is C23H22ClFN4O. The summed E-state index contributed by atoms with van der Waals surface area (Å²) in [6.07, 6.45) is 0. The summed E-state index contributed by atoms with van der Waals surface area (Å²) < 4.78 is 13.1. The number of nitrogens with zero attached hydrogens (tertiary/aromatic N) is 4. The smallest absolute Gasteiger partial charge is 0.253 e. The van der Waals surface area contributed by atoms with E-state index in [4.69, 9.17) is 16.6 Å². The van der Waals surface area contributed by atoms with Crippen LogP contribution in [0.25, 0.3) is 11.4 Å². The minimum atomic E-state index is -0.345. The lowest BCUT2D eigenvalue weighted by Crippen LogP contribution is -2.49. The maximum absolute atomic E-state index is 13.1. The Balaban J connectivity index is 1.52. The largest absolute Gasteiger partial charge is 0.353 e. The highest BCUT2D eigenvalue weighted by Crippen LogP contribution is 2.26. The molecule has 1 aliphatic heterocycles. The zero-order valence-electron chi connectivity index (χ0n) is 16.9. The van der Waals surface area contributed by atoms with Gasteiger partial charge < -0.3 is 9.80 Å². The molecule has 0 bridgehead atoms. The second kappa shape index (κ2) is 8.40. The maximum atomic E-state index is 13.1. The fourth-order valence-corrected chi connectivity index (χ4v) is 3.67. The Morgan fingerprint density at radius 2 is 1.57 bits per heavy atom. The SMILES string of the molecule is Cc1nc(-c2ccc(Cl)cc2)nc(N2CCN(C(=O)c3ccc(F)cc3)CC2)c1C. The molecule has 4 rings (SSSR count). The van der Waals surface area contributed by atoms with Gasteiger partial charge in [0.05, 0.1) is 0 Å². The van der Waals surface area contributed by atoms with Crippen LogP contribution < -0.4 is 4.90 Å². The number of amides is 1. The first-order valence-electron chi connectivity index (χ1n) is 9.83. The fourth-order valence-electron chi connectivity index (χ4n) is 3.55. The molecule has 2 heterocycles. The zero-order chi connectivity index (χ0) is 21.3. The first-order valence-corrected chi connectivity index (χ1v) is 10.2. The van der Waals surface area contributed by atoms with Gasteiger partial charge in [-0.25, -0.2) is 14.4 Å². The number of piperazine rings is 1. The Hall–Kier alpha value is -2.99. The molecule has 154 valence electrons. The van der Waals surface area contributed by atoms with Crippen LogP contribution in [0, 0.1) is 19.7 Å². The van der Waals surface area contributed by atoms with Gasteiger partial charge in [-0.05, 0) is 62.4 Å². The van der Waals surface area contributed by atoms with Crippen molar-refractivity contribution in [1.82, 2.24) is 14.9 Å². The highest BCUT2D eigenvalue weighted by molar-refractivity contribution is 6.30. The third-order valence-corrected chi connectivity index (χ3v) is 5.68. The molecule has 1 saturated heterocycles. The molecule has 1 fully saturated rings. The highest BCUT2D eigenvalue weighted by atomic mass is 35.5. The van der Waals surface area contributed by atoms with Crippen LogP contribution in [-0.4, -0.2) is 47.0 Å². The van der Waals surface area contributed by atoms with Crippen LogP contribution in [0.4, 0.5) is 10.2 Å². The third kappa shape index (κ3) is 4.14. The molecule has 1 amide bonds. The minimum Gasteiger partial charge on any atom is -0.353 e. The summed E-state index contributed by atoms with van der Waals surface area (Å²) in [7, 11) is 0. The molecule has 0 spiro atoms. The summed E-state index contributed by atoms with van der Waals surface area (Å²) in [6.45, 7) is 6.50. The molecule has 1 aliphatic rings. The van der Waals surface area contributed by atoms with Gasteiger partial charge in [0, 0.05) is 53.6 Å². The molecule has 0 unspecified atom stereocenters. The molecule has 0 saturated carbocycles. The van der Waals surface area contributed by atoms with Crippen LogP contribution in [0.3, 0.4) is 0 Å². The molecule has 2 aromatic carbocycles. The van der Waals surface area contributed by atoms with E-state index >= 15 is 0 Å². The number of aryl methyl sites for hydroxylation is 1. The molecule has 0 radical (unpaired) electrons. The van der Waals surface area contributed by atoms with E-state index in [1.165, 1.54) is 24.3 Å². The first-order chi connectivity index (χ1) is 14.4. The summed E-state index contributed by atoms with van der Waals surface area (Å²) >= 11 is 6.00. The second-order valence-electron chi connectivity index (χ2n) is 7.37. The van der Waals surface area contributed by atoms with Crippen LogP contribution in [0.2, 0.25) is 5.02 Å². The van der Waals surface area contributed by atoms with Crippen LogP contribution in [0.15, 0.2) is 48.5 Å². The Kier molecular flexibility index (Phi) is 5.68. The second-order valence-corrected chi connectivity index (χ2v) is 7.81. The Labute approximate surface area is 180 Å². The van der Waals surface area contributed by atoms with Crippen molar-refractivity contribution in [3.8, 4) is 11.4 Å². The third-order valence-electron chi connectivity index (χ3n) is 5.42. The summed E-state index contributed by atoms with van der Waals surface area (Å²) in [6, 6.07) is 13.2. The van der Waals surface area contributed by atoms with Gasteiger partial charge in [-0.1, -0.05) is 11.6 Å². The summed E-state index contributed by atoms with van der Waals surface area (Å²) in [5, 5.41) is 0.671. The van der Waals surface area contributed by atoms with Crippen molar-refractivity contribution in [2.75, 3.05) is 31.1 Å². The summed E-state index contributed by atoms with van der Waals surface area (Å²) in [4.78, 5) is 26.1. The van der Waals surface area contributed by atoms with Crippen molar-refractivity contribution in [2.24, 2.45) is 0 Å². The monoisotopic (exact) mass is 424 g/mol. The molecule has 0 N–H and O–H groups in total. The quantitative estimate of drug-likeness (QED) is 0.620. The number of carbonyl (C=O) groups is 1. The van der Waals surface area contributed by atoms with Crippen LogP contribution in [0.1, 0.15) is 21.6 Å². The number of anilines is 1. The number of hydrogen-bond acceptors (Lipinski definition) is 4. The molecule has 30 heavy (non-hydrogen) atoms. The lowest BCUT2D eigenvalue weighted by Gasteiger charge is -2.36. The Morgan fingerprint density at radius 3 is 2.20 bits per heavy atom. The van der Waals surface area contributed by atoms with E-state index in [0.29, 0.717) is 42.6 Å². The van der Waals surface area contributed by atoms with Gasteiger partial charge in [-0.2, -0.15) is 0 Å². The summed E-state index contributed by atoms with van der Waals surface area (Å²) in [5.41, 5.74) is 3.37. The standard InChI is InChI=1S/C23H22ClFN4O/c1-15-16(2)26-21(17-3-7-19(24)8-4-17)27-22(15)28-11-13-29(14-12-28)23(30)18-5-9-20(25)10-6-18/h3-10H,11-14H2,1-2H3. The van der Waals surface area contributed by atoms with E-state index in [-0.39, 0.29) is 11.7 Å². The van der Waals surface area contributed by atoms with Gasteiger partial charge >= 0.3 is 0 Å². The Bertz CT molecular complexity index is 1060. The number of halogens is 2. The normalized spacial score (nSPS) is 14.1. The van der Waals surface area contributed by atoms with Crippen LogP contribution in [-0.2, 0) is 0 Å². The van der Waals surface area contributed by atoms with Gasteiger partial charge in [0.1, 0.15) is 11.6 Å². The van der Waals surface area contributed by atoms with Crippen molar-refractivity contribution in [3.05, 3.63) is 76.2 Å². The highest BCUT2D eigenvalue weighted by Gasteiger charge is 2.25. The number of aromatic nitrogens is 2. The molecule has 3 aromatic rings. The van der Waals surface area contributed by atoms with Gasteiger partial charge in [-0.3, -0.25) is 4.79 Å². The van der Waals surface area contributed by atoms with Gasteiger partial charge in [0.15, 0.2) is 5.82 Å². The molecule has 1 aromatic heterocycles. The number of hydrogen-bond donors (Lipinski definition) is 0. The van der Waals surface area contributed by atoms with E-state index in [1.54, 1.807) is 4.90 Å². The van der Waals surface area contributed by atoms with Crippen molar-refractivity contribution >= 4 is 23.3 Å². The van der Waals surface area contributed by atoms with E-state index < -0.39 is 0 Å². The fraction of sp³-hybridized carbons (Fsp3) is 0.261. The predicted molar refractivity (Wildman–Crippen MR) is 116 cm³/mol. The van der Waals surface area contributed by atoms with Crippen molar-refractivity contribution in [1.29, 1.82) is 0 Å². The lowest BCUT2D eigenvalue weighted by atomic mass is 10.1. The summed E-state index contributed by atoms with van der Waals surface area (Å²) in [5.74, 6) is 1.13. The van der Waals surface area contributed by atoms with Gasteiger partial charge in [-0.15, -0.1) is 0 Å². The van der Waals surface area contributed by atoms with Crippen molar-refractivity contribution < 1.29 is 9.18 Å². The van der Waals surface area contributed by atoms with Gasteiger partial charge in [0.25, 0.3) is 5.91 Å². The van der Waals surface area contributed by atoms with E-state index in [2.05, 4.69) is 9.88 Å². The topological polar surface area (TPSA) is 49.3 Å². The Morgan fingerprint density at radius 1 is 0.933 bits per heavy atom. The van der Waals surface area contributed by atoms with Crippen LogP contribution in [0.5, 0.6) is 0 Å². The zero-order valence-corrected chi connectivity index (χ0v) is 17.7. The van der Waals surface area contributed by atoms with Crippen molar-refractivity contribution in [3.63, 3.8) is 0 Å². The minimum absolute atomic E-state index is 0.0768. The average Bonchev–Trinajstić information content (AvgIpc) is 2.76. The number of carbonyl (C=O) groups excluding carboxylic acids is 1.